The molecule has 0 radical (unpaired) electrons. The van der Waals surface area contributed by atoms with Crippen molar-refractivity contribution in [3.63, 3.8) is 0 Å². The van der Waals surface area contributed by atoms with Crippen molar-refractivity contribution in [2.45, 2.75) is 6.61 Å². The quantitative estimate of drug-likeness (QED) is 0.212. The molecule has 1 saturated heterocycles. The molecule has 0 atom stereocenters. The number of hydrazine groups is 1. The third-order valence-corrected chi connectivity index (χ3v) is 5.46. The SMILES string of the molecule is COc1cc(Br)cc(/C=C2\C(=O)NN(c3ccccc3)C2=O)c1OCc1ccc([N+](=O)[O-])cc1. The Morgan fingerprint density at radius 1 is 1.09 bits per heavy atom. The molecule has 3 aromatic rings. The lowest BCUT2D eigenvalue weighted by Crippen LogP contribution is -2.35. The van der Waals surface area contributed by atoms with Crippen molar-refractivity contribution >= 4 is 45.2 Å². The molecule has 2 amide bonds. The molecule has 0 bridgehead atoms. The predicted octanol–water partition coefficient (Wildman–Crippen LogP) is 4.41. The standard InChI is InChI=1S/C24H18BrN3O6/c1-33-21-13-17(25)11-16(22(21)34-14-15-7-9-19(10-8-15)28(31)32)12-20-23(29)26-27(24(20)30)18-5-3-2-4-6-18/h2-13H,14H2,1H3,(H,26,29)/b20-12+. The monoisotopic (exact) mass is 523 g/mol. The number of benzene rings is 3. The average molecular weight is 524 g/mol. The van der Waals surface area contributed by atoms with E-state index in [1.54, 1.807) is 48.5 Å². The van der Waals surface area contributed by atoms with Gasteiger partial charge in [-0.3, -0.25) is 25.1 Å². The number of non-ortho nitro benzene ring substituents is 1. The molecule has 0 aliphatic carbocycles. The Balaban J connectivity index is 1.66. The average Bonchev–Trinajstić information content (AvgIpc) is 3.12. The molecule has 1 heterocycles. The highest BCUT2D eigenvalue weighted by Crippen LogP contribution is 2.37. The van der Waals surface area contributed by atoms with Crippen molar-refractivity contribution in [2.75, 3.05) is 12.1 Å². The normalized spacial score (nSPS) is 14.3. The summed E-state index contributed by atoms with van der Waals surface area (Å²) in [5.41, 5.74) is 4.15. The van der Waals surface area contributed by atoms with Crippen molar-refractivity contribution in [3.05, 3.63) is 98.0 Å². The zero-order valence-electron chi connectivity index (χ0n) is 17.9. The molecule has 1 N–H and O–H groups in total. The van der Waals surface area contributed by atoms with E-state index in [4.69, 9.17) is 9.47 Å². The number of nitrogens with zero attached hydrogens (tertiary/aromatic N) is 2. The van der Waals surface area contributed by atoms with Crippen LogP contribution in [0.1, 0.15) is 11.1 Å². The van der Waals surface area contributed by atoms with Gasteiger partial charge in [-0.05, 0) is 48.0 Å². The summed E-state index contributed by atoms with van der Waals surface area (Å²) in [4.78, 5) is 36.0. The summed E-state index contributed by atoms with van der Waals surface area (Å²) in [6.07, 6.45) is 1.44. The van der Waals surface area contributed by atoms with Crippen molar-refractivity contribution in [1.82, 2.24) is 5.43 Å². The van der Waals surface area contributed by atoms with E-state index in [9.17, 15) is 19.7 Å². The highest BCUT2D eigenvalue weighted by Gasteiger charge is 2.34. The number of methoxy groups -OCH3 is 1. The second kappa shape index (κ2) is 9.75. The summed E-state index contributed by atoms with van der Waals surface area (Å²) in [6.45, 7) is 0.0858. The van der Waals surface area contributed by atoms with Crippen LogP contribution >= 0.6 is 15.9 Å². The van der Waals surface area contributed by atoms with E-state index >= 15 is 0 Å². The van der Waals surface area contributed by atoms with E-state index in [0.29, 0.717) is 32.8 Å². The maximum Gasteiger partial charge on any atom is 0.282 e. The molecule has 10 heteroatoms. The Bertz CT molecular complexity index is 1290. The minimum absolute atomic E-state index is 0.0240. The number of para-hydroxylation sites is 1. The molecule has 9 nitrogen and oxygen atoms in total. The summed E-state index contributed by atoms with van der Waals surface area (Å²) < 4.78 is 12.1. The van der Waals surface area contributed by atoms with Gasteiger partial charge in [-0.2, -0.15) is 0 Å². The number of amides is 2. The van der Waals surface area contributed by atoms with E-state index in [2.05, 4.69) is 21.4 Å². The maximum atomic E-state index is 13.0. The van der Waals surface area contributed by atoms with Crippen molar-refractivity contribution in [2.24, 2.45) is 0 Å². The Morgan fingerprint density at radius 2 is 1.79 bits per heavy atom. The van der Waals surface area contributed by atoms with Crippen LogP contribution in [0.15, 0.2) is 76.8 Å². The van der Waals surface area contributed by atoms with Crippen LogP contribution in [-0.2, 0) is 16.2 Å². The minimum Gasteiger partial charge on any atom is -0.493 e. The topological polar surface area (TPSA) is 111 Å². The van der Waals surface area contributed by atoms with E-state index in [1.807, 2.05) is 6.07 Å². The van der Waals surface area contributed by atoms with Crippen molar-refractivity contribution in [1.29, 1.82) is 0 Å². The van der Waals surface area contributed by atoms with Crippen LogP contribution in [-0.4, -0.2) is 23.8 Å². The molecule has 0 unspecified atom stereocenters. The summed E-state index contributed by atoms with van der Waals surface area (Å²) in [7, 11) is 1.47. The van der Waals surface area contributed by atoms with Gasteiger partial charge in [0.1, 0.15) is 12.2 Å². The number of ether oxygens (including phenoxy) is 2. The van der Waals surface area contributed by atoms with Crippen LogP contribution in [0.3, 0.4) is 0 Å². The third-order valence-electron chi connectivity index (χ3n) is 5.00. The van der Waals surface area contributed by atoms with E-state index in [0.717, 1.165) is 0 Å². The lowest BCUT2D eigenvalue weighted by molar-refractivity contribution is -0.384. The zero-order valence-corrected chi connectivity index (χ0v) is 19.4. The van der Waals surface area contributed by atoms with Crippen LogP contribution in [0, 0.1) is 10.1 Å². The number of hydrogen-bond acceptors (Lipinski definition) is 6. The number of nitro groups is 1. The zero-order chi connectivity index (χ0) is 24.2. The van der Waals surface area contributed by atoms with Gasteiger partial charge >= 0.3 is 0 Å². The van der Waals surface area contributed by atoms with Crippen LogP contribution in [0.4, 0.5) is 11.4 Å². The van der Waals surface area contributed by atoms with Crippen LogP contribution in [0.25, 0.3) is 6.08 Å². The highest BCUT2D eigenvalue weighted by molar-refractivity contribution is 9.10. The maximum absolute atomic E-state index is 13.0. The fraction of sp³-hybridized carbons (Fsp3) is 0.0833. The summed E-state index contributed by atoms with van der Waals surface area (Å²) in [6, 6.07) is 18.1. The van der Waals surface area contributed by atoms with Crippen molar-refractivity contribution in [3.8, 4) is 11.5 Å². The minimum atomic E-state index is -0.547. The number of rotatable bonds is 7. The molecular weight excluding hydrogens is 506 g/mol. The van der Waals surface area contributed by atoms with Gasteiger partial charge in [0.05, 0.1) is 17.7 Å². The molecule has 0 aromatic heterocycles. The van der Waals surface area contributed by atoms with E-state index in [1.165, 1.54) is 30.3 Å². The molecule has 3 aromatic carbocycles. The molecule has 1 aliphatic rings. The molecule has 4 rings (SSSR count). The number of carbonyl (C=O) groups excluding carboxylic acids is 2. The number of nitro benzene ring substituents is 1. The molecule has 1 fully saturated rings. The smallest absolute Gasteiger partial charge is 0.282 e. The van der Waals surface area contributed by atoms with Gasteiger partial charge in [-0.25, -0.2) is 5.01 Å². The Kier molecular flexibility index (Phi) is 6.60. The van der Waals surface area contributed by atoms with Crippen LogP contribution < -0.4 is 19.9 Å². The van der Waals surface area contributed by atoms with Crippen LogP contribution in [0.2, 0.25) is 0 Å². The molecular formula is C24H18BrN3O6. The van der Waals surface area contributed by atoms with Gasteiger partial charge in [0.15, 0.2) is 11.5 Å². The number of hydrogen-bond donors (Lipinski definition) is 1. The Labute approximate surface area is 202 Å². The largest absolute Gasteiger partial charge is 0.493 e. The first-order valence-electron chi connectivity index (χ1n) is 10.0. The second-order valence-electron chi connectivity index (χ2n) is 7.21. The fourth-order valence-corrected chi connectivity index (χ4v) is 3.80. The molecule has 34 heavy (non-hydrogen) atoms. The molecule has 1 aliphatic heterocycles. The molecule has 0 spiro atoms. The summed E-state index contributed by atoms with van der Waals surface area (Å²) in [5.74, 6) is -0.352. The highest BCUT2D eigenvalue weighted by atomic mass is 79.9. The van der Waals surface area contributed by atoms with E-state index < -0.39 is 16.7 Å². The molecule has 172 valence electrons. The predicted molar refractivity (Wildman–Crippen MR) is 128 cm³/mol. The first-order chi connectivity index (χ1) is 16.4. The van der Waals surface area contributed by atoms with Gasteiger partial charge in [-0.1, -0.05) is 34.1 Å². The Morgan fingerprint density at radius 3 is 2.44 bits per heavy atom. The third kappa shape index (κ3) is 4.76. The number of nitrogens with one attached hydrogen (secondary N) is 1. The van der Waals surface area contributed by atoms with Gasteiger partial charge in [0, 0.05) is 22.2 Å². The molecule has 0 saturated carbocycles. The lowest BCUT2D eigenvalue weighted by atomic mass is 10.1. The lowest BCUT2D eigenvalue weighted by Gasteiger charge is -2.15. The summed E-state index contributed by atoms with van der Waals surface area (Å²) in [5, 5.41) is 12.0. The fourth-order valence-electron chi connectivity index (χ4n) is 3.34. The van der Waals surface area contributed by atoms with Gasteiger partial charge in [0.2, 0.25) is 0 Å². The number of anilines is 1. The first kappa shape index (κ1) is 23.0. The van der Waals surface area contributed by atoms with E-state index in [-0.39, 0.29) is 17.9 Å². The Hall–Kier alpha value is -4.18. The summed E-state index contributed by atoms with van der Waals surface area (Å²) >= 11 is 3.41. The second-order valence-corrected chi connectivity index (χ2v) is 8.13. The van der Waals surface area contributed by atoms with Gasteiger partial charge in [-0.15, -0.1) is 0 Å². The van der Waals surface area contributed by atoms with Crippen molar-refractivity contribution < 1.29 is 24.0 Å². The number of halogens is 1. The number of carbonyl (C=O) groups is 2. The van der Waals surface area contributed by atoms with Gasteiger partial charge < -0.3 is 9.47 Å². The van der Waals surface area contributed by atoms with Crippen LogP contribution in [0.5, 0.6) is 11.5 Å². The first-order valence-corrected chi connectivity index (χ1v) is 10.8. The van der Waals surface area contributed by atoms with Gasteiger partial charge in [0.25, 0.3) is 17.5 Å².